The van der Waals surface area contributed by atoms with E-state index in [0.29, 0.717) is 21.7 Å². The van der Waals surface area contributed by atoms with Crippen molar-refractivity contribution in [1.29, 1.82) is 0 Å². The molecule has 1 N–H and O–H groups in total. The topological polar surface area (TPSA) is 81.4 Å². The molecule has 6 nitrogen and oxygen atoms in total. The Bertz CT molecular complexity index is 1600. The summed E-state index contributed by atoms with van der Waals surface area (Å²) in [5.41, 5.74) is 4.80. The fourth-order valence-corrected chi connectivity index (χ4v) is 4.47. The quantitative estimate of drug-likeness (QED) is 0.286. The Morgan fingerprint density at radius 3 is 2.28 bits per heavy atom. The number of nitrogens with zero attached hydrogens (tertiary/aromatic N) is 1. The average Bonchev–Trinajstić information content (AvgIpc) is 3.35. The van der Waals surface area contributed by atoms with Crippen LogP contribution in [0.15, 0.2) is 87.4 Å². The van der Waals surface area contributed by atoms with E-state index in [4.69, 9.17) is 9.15 Å². The summed E-state index contributed by atoms with van der Waals surface area (Å²) < 4.78 is 12.1. The van der Waals surface area contributed by atoms with Gasteiger partial charge in [-0.1, -0.05) is 71.8 Å². The number of fused-ring (bicyclic) bond motifs is 1. The van der Waals surface area contributed by atoms with E-state index in [1.54, 1.807) is 31.2 Å². The molecule has 2 aromatic heterocycles. The Hall–Kier alpha value is -4.23. The van der Waals surface area contributed by atoms with Gasteiger partial charge < -0.3 is 9.15 Å². The number of rotatable bonds is 6. The molecule has 0 saturated heterocycles. The first-order chi connectivity index (χ1) is 17.4. The van der Waals surface area contributed by atoms with Crippen molar-refractivity contribution in [2.45, 2.75) is 26.9 Å². The van der Waals surface area contributed by atoms with E-state index in [-0.39, 0.29) is 16.9 Å². The maximum absolute atomic E-state index is 13.4. The number of para-hydroxylation sites is 1. The minimum Gasteiger partial charge on any atom is -0.473 e. The van der Waals surface area contributed by atoms with Gasteiger partial charge in [-0.15, -0.1) is 11.3 Å². The number of thiazole rings is 1. The van der Waals surface area contributed by atoms with Crippen molar-refractivity contribution in [3.63, 3.8) is 0 Å². The van der Waals surface area contributed by atoms with Crippen molar-refractivity contribution in [3.05, 3.63) is 99.5 Å². The van der Waals surface area contributed by atoms with Gasteiger partial charge in [-0.25, -0.2) is 4.98 Å². The lowest BCUT2D eigenvalue weighted by Gasteiger charge is -2.16. The largest absolute Gasteiger partial charge is 0.473 e. The highest BCUT2D eigenvalue weighted by Gasteiger charge is 2.23. The number of hydrogen-bond donors (Lipinski definition) is 1. The van der Waals surface area contributed by atoms with Crippen LogP contribution in [-0.4, -0.2) is 17.0 Å². The molecule has 0 bridgehead atoms. The molecule has 2 heterocycles. The monoisotopic (exact) mass is 496 g/mol. The number of carbonyl (C=O) groups is 1. The van der Waals surface area contributed by atoms with Gasteiger partial charge in [-0.3, -0.25) is 14.9 Å². The highest BCUT2D eigenvalue weighted by molar-refractivity contribution is 7.14. The van der Waals surface area contributed by atoms with Crippen LogP contribution in [0.25, 0.3) is 33.6 Å². The minimum atomic E-state index is -0.968. The Kier molecular flexibility index (Phi) is 6.40. The molecule has 1 amide bonds. The third kappa shape index (κ3) is 4.78. The zero-order valence-corrected chi connectivity index (χ0v) is 20.9. The first-order valence-electron chi connectivity index (χ1n) is 11.5. The Labute approximate surface area is 212 Å². The highest BCUT2D eigenvalue weighted by atomic mass is 32.1. The molecule has 5 rings (SSSR count). The molecular formula is C29H24N2O4S. The summed E-state index contributed by atoms with van der Waals surface area (Å²) >= 11 is 1.33. The van der Waals surface area contributed by atoms with E-state index in [2.05, 4.69) is 10.3 Å². The lowest BCUT2D eigenvalue weighted by atomic mass is 10.1. The Balaban J connectivity index is 1.42. The van der Waals surface area contributed by atoms with Gasteiger partial charge in [0.2, 0.25) is 11.2 Å². The standard InChI is InChI=1S/C29H24N2O4S/c1-17-8-12-20(13-9-17)23-16-36-29(30-23)31-28(33)19(3)34-27-25(32)22-6-4-5-7-24(22)35-26(27)21-14-10-18(2)11-15-21/h4-16,19H,1-3H3,(H,30,31,33). The van der Waals surface area contributed by atoms with E-state index < -0.39 is 12.0 Å². The van der Waals surface area contributed by atoms with E-state index in [9.17, 15) is 9.59 Å². The summed E-state index contributed by atoms with van der Waals surface area (Å²) in [5, 5.41) is 5.53. The average molecular weight is 497 g/mol. The minimum absolute atomic E-state index is 0.000291. The smallest absolute Gasteiger partial charge is 0.266 e. The summed E-state index contributed by atoms with van der Waals surface area (Å²) in [5.74, 6) is -0.129. The number of carbonyl (C=O) groups excluding carboxylic acids is 1. The van der Waals surface area contributed by atoms with E-state index in [1.807, 2.05) is 67.8 Å². The predicted octanol–water partition coefficient (Wildman–Crippen LogP) is 6.61. The molecule has 7 heteroatoms. The fourth-order valence-electron chi connectivity index (χ4n) is 3.75. The zero-order valence-electron chi connectivity index (χ0n) is 20.1. The number of benzene rings is 3. The highest BCUT2D eigenvalue weighted by Crippen LogP contribution is 2.32. The van der Waals surface area contributed by atoms with Gasteiger partial charge in [0.25, 0.3) is 5.91 Å². The summed E-state index contributed by atoms with van der Waals surface area (Å²) in [6.45, 7) is 5.60. The maximum atomic E-state index is 13.4. The van der Waals surface area contributed by atoms with Gasteiger partial charge in [0.05, 0.1) is 11.1 Å². The SMILES string of the molecule is Cc1ccc(-c2csc(NC(=O)C(C)Oc3c(-c4ccc(C)cc4)oc4ccccc4c3=O)n2)cc1. The van der Waals surface area contributed by atoms with Gasteiger partial charge in [0.15, 0.2) is 17.0 Å². The number of aromatic nitrogens is 1. The first kappa shape index (κ1) is 23.5. The maximum Gasteiger partial charge on any atom is 0.266 e. The Morgan fingerprint density at radius 1 is 0.944 bits per heavy atom. The van der Waals surface area contributed by atoms with Crippen molar-refractivity contribution >= 4 is 33.3 Å². The Morgan fingerprint density at radius 2 is 1.58 bits per heavy atom. The molecule has 5 aromatic rings. The summed E-state index contributed by atoms with van der Waals surface area (Å²) in [7, 11) is 0. The second-order valence-electron chi connectivity index (χ2n) is 8.60. The summed E-state index contributed by atoms with van der Waals surface area (Å²) in [6.07, 6.45) is -0.968. The molecule has 180 valence electrons. The second-order valence-corrected chi connectivity index (χ2v) is 9.46. The van der Waals surface area contributed by atoms with E-state index in [0.717, 1.165) is 22.4 Å². The predicted molar refractivity (Wildman–Crippen MR) is 144 cm³/mol. The van der Waals surface area contributed by atoms with Crippen LogP contribution in [0.3, 0.4) is 0 Å². The van der Waals surface area contributed by atoms with Crippen LogP contribution >= 0.6 is 11.3 Å². The normalized spacial score (nSPS) is 11.9. The van der Waals surface area contributed by atoms with Crippen LogP contribution < -0.4 is 15.5 Å². The van der Waals surface area contributed by atoms with Crippen molar-refractivity contribution < 1.29 is 13.9 Å². The van der Waals surface area contributed by atoms with Crippen LogP contribution in [-0.2, 0) is 4.79 Å². The molecule has 1 atom stereocenters. The van der Waals surface area contributed by atoms with Gasteiger partial charge in [-0.2, -0.15) is 0 Å². The molecule has 0 radical (unpaired) electrons. The molecule has 0 spiro atoms. The molecular weight excluding hydrogens is 472 g/mol. The second kappa shape index (κ2) is 9.79. The van der Waals surface area contributed by atoms with E-state index >= 15 is 0 Å². The third-order valence-electron chi connectivity index (χ3n) is 5.82. The van der Waals surface area contributed by atoms with Gasteiger partial charge in [0.1, 0.15) is 5.58 Å². The van der Waals surface area contributed by atoms with Crippen molar-refractivity contribution in [3.8, 4) is 28.3 Å². The number of aryl methyl sites for hydroxylation is 2. The molecule has 0 aliphatic carbocycles. The molecule has 0 aliphatic heterocycles. The van der Waals surface area contributed by atoms with E-state index in [1.165, 1.54) is 11.3 Å². The number of anilines is 1. The summed E-state index contributed by atoms with van der Waals surface area (Å²) in [6, 6.07) is 22.6. The molecule has 3 aromatic carbocycles. The summed E-state index contributed by atoms with van der Waals surface area (Å²) in [4.78, 5) is 30.9. The molecule has 1 unspecified atom stereocenters. The lowest BCUT2D eigenvalue weighted by Crippen LogP contribution is -2.31. The van der Waals surface area contributed by atoms with Crippen LogP contribution in [0.4, 0.5) is 5.13 Å². The van der Waals surface area contributed by atoms with Crippen LogP contribution in [0.5, 0.6) is 5.75 Å². The first-order valence-corrected chi connectivity index (χ1v) is 12.4. The zero-order chi connectivity index (χ0) is 25.2. The van der Waals surface area contributed by atoms with Crippen molar-refractivity contribution in [1.82, 2.24) is 4.98 Å². The van der Waals surface area contributed by atoms with Crippen molar-refractivity contribution in [2.24, 2.45) is 0 Å². The number of amides is 1. The molecule has 0 aliphatic rings. The molecule has 0 fully saturated rings. The number of ether oxygens (including phenoxy) is 1. The van der Waals surface area contributed by atoms with Gasteiger partial charge in [0, 0.05) is 16.5 Å². The van der Waals surface area contributed by atoms with Crippen molar-refractivity contribution in [2.75, 3.05) is 5.32 Å². The van der Waals surface area contributed by atoms with Gasteiger partial charge in [-0.05, 0) is 32.9 Å². The fraction of sp³-hybridized carbons (Fsp3) is 0.138. The number of hydrogen-bond acceptors (Lipinski definition) is 6. The number of nitrogens with one attached hydrogen (secondary N) is 1. The van der Waals surface area contributed by atoms with Crippen LogP contribution in [0, 0.1) is 13.8 Å². The van der Waals surface area contributed by atoms with Crippen LogP contribution in [0.2, 0.25) is 0 Å². The molecule has 0 saturated carbocycles. The van der Waals surface area contributed by atoms with Gasteiger partial charge >= 0.3 is 0 Å². The van der Waals surface area contributed by atoms with Crippen LogP contribution in [0.1, 0.15) is 18.1 Å². The lowest BCUT2D eigenvalue weighted by molar-refractivity contribution is -0.122. The third-order valence-corrected chi connectivity index (χ3v) is 6.57. The molecule has 36 heavy (non-hydrogen) atoms.